The maximum atomic E-state index is 13.6. The molecule has 1 fully saturated rings. The Labute approximate surface area is 120 Å². The van der Waals surface area contributed by atoms with Crippen LogP contribution >= 0.6 is 0 Å². The lowest BCUT2D eigenvalue weighted by Gasteiger charge is -2.41. The molecule has 1 aromatic carbocycles. The predicted molar refractivity (Wildman–Crippen MR) is 70.9 cm³/mol. The van der Waals surface area contributed by atoms with Crippen LogP contribution in [-0.2, 0) is 10.3 Å². The molecule has 3 N–H and O–H groups in total. The van der Waals surface area contributed by atoms with E-state index in [-0.39, 0.29) is 23.9 Å². The molecule has 0 aliphatic carbocycles. The number of benzene rings is 1. The highest BCUT2D eigenvalue weighted by Gasteiger charge is 2.63. The average Bonchev–Trinajstić information content (AvgIpc) is 2.34. The summed E-state index contributed by atoms with van der Waals surface area (Å²) in [6.45, 7) is 4.63. The van der Waals surface area contributed by atoms with E-state index in [2.05, 4.69) is 10.6 Å². The smallest absolute Gasteiger partial charge is 0.419 e. The molecule has 1 aliphatic rings. The lowest BCUT2D eigenvalue weighted by atomic mass is 9.84. The fourth-order valence-electron chi connectivity index (χ4n) is 2.57. The van der Waals surface area contributed by atoms with Crippen LogP contribution in [0.2, 0.25) is 0 Å². The second kappa shape index (κ2) is 4.91. The van der Waals surface area contributed by atoms with Gasteiger partial charge in [0.25, 0.3) is 5.91 Å². The minimum atomic E-state index is -4.80. The number of carbonyl (C=O) groups excluding carboxylic acids is 1. The third-order valence-electron chi connectivity index (χ3n) is 3.74. The summed E-state index contributed by atoms with van der Waals surface area (Å²) in [5.41, 5.74) is -2.42. The maximum Gasteiger partial charge on any atom is 0.419 e. The van der Waals surface area contributed by atoms with Crippen LogP contribution in [0.25, 0.3) is 0 Å². The van der Waals surface area contributed by atoms with E-state index in [4.69, 9.17) is 0 Å². The number of aryl methyl sites for hydroxylation is 2. The molecule has 0 radical (unpaired) electrons. The number of hydrogen-bond donors (Lipinski definition) is 3. The molecule has 0 bridgehead atoms. The van der Waals surface area contributed by atoms with Crippen LogP contribution in [0.15, 0.2) is 12.1 Å². The molecule has 2 atom stereocenters. The minimum Gasteiger partial charge on any atom is -0.507 e. The van der Waals surface area contributed by atoms with Crippen molar-refractivity contribution in [2.45, 2.75) is 38.5 Å². The third kappa shape index (κ3) is 2.35. The lowest BCUT2D eigenvalue weighted by molar-refractivity contribution is -0.207. The second-order valence-corrected chi connectivity index (χ2v) is 5.46. The van der Waals surface area contributed by atoms with Crippen LogP contribution in [0.3, 0.4) is 0 Å². The van der Waals surface area contributed by atoms with Gasteiger partial charge in [0.1, 0.15) is 5.75 Å². The molecular weight excluding hydrogens is 285 g/mol. The normalized spacial score (nSPS) is 26.6. The molecule has 4 nitrogen and oxygen atoms in total. The van der Waals surface area contributed by atoms with Crippen molar-refractivity contribution in [3.05, 3.63) is 28.8 Å². The summed E-state index contributed by atoms with van der Waals surface area (Å²) in [5, 5.41) is 14.4. The maximum absolute atomic E-state index is 13.6. The van der Waals surface area contributed by atoms with Gasteiger partial charge < -0.3 is 10.4 Å². The first kappa shape index (κ1) is 15.6. The zero-order chi connectivity index (χ0) is 16.0. The van der Waals surface area contributed by atoms with Crippen LogP contribution in [0.4, 0.5) is 13.2 Å². The van der Waals surface area contributed by atoms with E-state index in [9.17, 15) is 23.1 Å². The first-order chi connectivity index (χ1) is 9.59. The van der Waals surface area contributed by atoms with Gasteiger partial charge in [0.15, 0.2) is 0 Å². The molecule has 0 aromatic heterocycles. The van der Waals surface area contributed by atoms with Crippen LogP contribution in [0.1, 0.15) is 23.6 Å². The number of aromatic hydroxyl groups is 1. The van der Waals surface area contributed by atoms with Gasteiger partial charge in [0.2, 0.25) is 5.54 Å². The molecule has 2 rings (SSSR count). The number of phenols is 1. The molecule has 7 heteroatoms. The first-order valence-electron chi connectivity index (χ1n) is 6.53. The molecule has 1 aromatic rings. The summed E-state index contributed by atoms with van der Waals surface area (Å²) in [6.07, 6.45) is -4.80. The van der Waals surface area contributed by atoms with Gasteiger partial charge in [-0.05, 0) is 49.6 Å². The summed E-state index contributed by atoms with van der Waals surface area (Å²) >= 11 is 0. The van der Waals surface area contributed by atoms with Crippen molar-refractivity contribution in [3.8, 4) is 5.75 Å². The van der Waals surface area contributed by atoms with Crippen molar-refractivity contribution in [3.63, 3.8) is 0 Å². The zero-order valence-corrected chi connectivity index (χ0v) is 11.9. The highest BCUT2D eigenvalue weighted by molar-refractivity contribution is 5.90. The average molecular weight is 302 g/mol. The molecule has 0 saturated carbocycles. The molecular formula is C14H17F3N2O2. The lowest BCUT2D eigenvalue weighted by Crippen LogP contribution is -2.70. The van der Waals surface area contributed by atoms with Crippen molar-refractivity contribution in [2.75, 3.05) is 6.54 Å². The molecule has 0 spiro atoms. The van der Waals surface area contributed by atoms with Gasteiger partial charge in [-0.15, -0.1) is 0 Å². The Kier molecular flexibility index (Phi) is 3.65. The quantitative estimate of drug-likeness (QED) is 0.742. The minimum absolute atomic E-state index is 0.00419. The van der Waals surface area contributed by atoms with E-state index >= 15 is 0 Å². The van der Waals surface area contributed by atoms with E-state index in [0.29, 0.717) is 11.1 Å². The summed E-state index contributed by atoms with van der Waals surface area (Å²) in [7, 11) is 0. The molecule has 21 heavy (non-hydrogen) atoms. The Balaban J connectivity index is 2.65. The molecule has 0 unspecified atom stereocenters. The van der Waals surface area contributed by atoms with Crippen molar-refractivity contribution in [2.24, 2.45) is 0 Å². The molecule has 1 amide bonds. The number of halogens is 3. The van der Waals surface area contributed by atoms with Gasteiger partial charge >= 0.3 is 6.18 Å². The number of hydrogen-bond acceptors (Lipinski definition) is 3. The molecule has 1 saturated heterocycles. The highest BCUT2D eigenvalue weighted by atomic mass is 19.4. The number of carbonyl (C=O) groups is 1. The molecule has 1 aliphatic heterocycles. The second-order valence-electron chi connectivity index (χ2n) is 5.46. The van der Waals surface area contributed by atoms with E-state index in [0.717, 1.165) is 0 Å². The Morgan fingerprint density at radius 2 is 1.81 bits per heavy atom. The highest BCUT2D eigenvalue weighted by Crippen LogP contribution is 2.42. The van der Waals surface area contributed by atoms with E-state index in [1.807, 2.05) is 0 Å². The summed E-state index contributed by atoms with van der Waals surface area (Å²) in [4.78, 5) is 12.1. The predicted octanol–water partition coefficient (Wildman–Crippen LogP) is 1.87. The van der Waals surface area contributed by atoms with Gasteiger partial charge in [-0.3, -0.25) is 10.1 Å². The Morgan fingerprint density at radius 3 is 2.24 bits per heavy atom. The summed E-state index contributed by atoms with van der Waals surface area (Å²) < 4.78 is 40.9. The number of alkyl halides is 3. The number of nitrogens with one attached hydrogen (secondary N) is 2. The van der Waals surface area contributed by atoms with Crippen LogP contribution in [0, 0.1) is 13.8 Å². The van der Waals surface area contributed by atoms with E-state index in [1.165, 1.54) is 26.0 Å². The summed E-state index contributed by atoms with van der Waals surface area (Å²) in [5.74, 6) is -1.20. The number of amides is 1. The monoisotopic (exact) mass is 302 g/mol. The van der Waals surface area contributed by atoms with Crippen LogP contribution in [-0.4, -0.2) is 29.8 Å². The molecule has 116 valence electrons. The largest absolute Gasteiger partial charge is 0.507 e. The van der Waals surface area contributed by atoms with Crippen LogP contribution in [0.5, 0.6) is 5.75 Å². The van der Waals surface area contributed by atoms with Gasteiger partial charge in [0.05, 0.1) is 0 Å². The standard InChI is InChI=1S/C14H17F3N2O2/c1-7-4-10(5-8(2)11(7)20)13(14(15,16)17)12(21)19-9(3)6-18-13/h4-5,9,18,20H,6H2,1-3H3,(H,19,21)/t9-,13-/m1/s1. The third-order valence-corrected chi connectivity index (χ3v) is 3.74. The Morgan fingerprint density at radius 1 is 1.29 bits per heavy atom. The number of phenolic OH excluding ortho intramolecular Hbond substituents is 1. The van der Waals surface area contributed by atoms with Crippen LogP contribution < -0.4 is 10.6 Å². The SMILES string of the molecule is Cc1cc([C@@]2(C(F)(F)F)NC[C@@H](C)NC2=O)cc(C)c1O. The fraction of sp³-hybridized carbons (Fsp3) is 0.500. The van der Waals surface area contributed by atoms with E-state index in [1.54, 1.807) is 6.92 Å². The number of piperazine rings is 1. The van der Waals surface area contributed by atoms with Gasteiger partial charge in [0, 0.05) is 12.6 Å². The molecule has 1 heterocycles. The Bertz CT molecular complexity index is 563. The van der Waals surface area contributed by atoms with Crippen molar-refractivity contribution < 1.29 is 23.1 Å². The van der Waals surface area contributed by atoms with Gasteiger partial charge in [-0.2, -0.15) is 13.2 Å². The van der Waals surface area contributed by atoms with Gasteiger partial charge in [-0.25, -0.2) is 0 Å². The fourth-order valence-corrected chi connectivity index (χ4v) is 2.57. The summed E-state index contributed by atoms with van der Waals surface area (Å²) in [6, 6.07) is 2.00. The van der Waals surface area contributed by atoms with E-state index < -0.39 is 17.6 Å². The van der Waals surface area contributed by atoms with Gasteiger partial charge in [-0.1, -0.05) is 0 Å². The van der Waals surface area contributed by atoms with Crippen molar-refractivity contribution in [1.29, 1.82) is 0 Å². The Hall–Kier alpha value is -1.76. The topological polar surface area (TPSA) is 61.4 Å². The van der Waals surface area contributed by atoms with Crippen molar-refractivity contribution >= 4 is 5.91 Å². The van der Waals surface area contributed by atoms with Crippen molar-refractivity contribution in [1.82, 2.24) is 10.6 Å². The first-order valence-corrected chi connectivity index (χ1v) is 6.53. The zero-order valence-electron chi connectivity index (χ0n) is 11.9. The number of rotatable bonds is 1.